The minimum absolute atomic E-state index is 0.0353. The van der Waals surface area contributed by atoms with Crippen LogP contribution < -0.4 is 4.90 Å². The molecule has 1 aromatic carbocycles. The Morgan fingerprint density at radius 3 is 2.54 bits per heavy atom. The smallest absolute Gasteiger partial charge is 0.355 e. The third kappa shape index (κ3) is 2.23. The van der Waals surface area contributed by atoms with Gasteiger partial charge in [0.1, 0.15) is 11.7 Å². The molecule has 0 aromatic heterocycles. The van der Waals surface area contributed by atoms with E-state index in [0.29, 0.717) is 5.12 Å². The molecular formula is C14H11FN4O5. The van der Waals surface area contributed by atoms with E-state index in [2.05, 4.69) is 10.4 Å². The highest BCUT2D eigenvalue weighted by Gasteiger charge is 2.59. The Morgan fingerprint density at radius 2 is 1.96 bits per heavy atom. The first-order valence-electron chi connectivity index (χ1n) is 7.01. The summed E-state index contributed by atoms with van der Waals surface area (Å²) in [5.41, 5.74) is -0.237. The van der Waals surface area contributed by atoms with Crippen LogP contribution in [0.1, 0.15) is 6.92 Å². The van der Waals surface area contributed by atoms with Gasteiger partial charge in [-0.25, -0.2) is 14.1 Å². The standard InChI is InChI=1S/C14H11FN4O5/c1-2-24-14(22)10-9-11(19(16-10)17-23)13(21)18(12(9)20)8-5-3-7(15)4-6-8/h3-6,9,11H,2H2,1H3/t9-,11-/m0/s1. The van der Waals surface area contributed by atoms with Gasteiger partial charge in [0.25, 0.3) is 5.91 Å². The molecule has 0 spiro atoms. The summed E-state index contributed by atoms with van der Waals surface area (Å²) in [6, 6.07) is 3.30. The van der Waals surface area contributed by atoms with Crippen molar-refractivity contribution in [2.24, 2.45) is 16.3 Å². The molecule has 0 aliphatic carbocycles. The van der Waals surface area contributed by atoms with E-state index in [0.717, 1.165) is 17.0 Å². The molecule has 0 unspecified atom stereocenters. The summed E-state index contributed by atoms with van der Waals surface area (Å²) in [5.74, 6) is -4.27. The van der Waals surface area contributed by atoms with Crippen LogP contribution in [0.5, 0.6) is 0 Å². The maximum atomic E-state index is 13.0. The van der Waals surface area contributed by atoms with Crippen LogP contribution in [0.2, 0.25) is 0 Å². The molecule has 2 amide bonds. The van der Waals surface area contributed by atoms with Gasteiger partial charge in [0.15, 0.2) is 11.8 Å². The van der Waals surface area contributed by atoms with Crippen LogP contribution in [0.25, 0.3) is 0 Å². The summed E-state index contributed by atoms with van der Waals surface area (Å²) in [4.78, 5) is 48.8. The summed E-state index contributed by atoms with van der Waals surface area (Å²) in [7, 11) is 0. The highest BCUT2D eigenvalue weighted by Crippen LogP contribution is 2.35. The molecule has 2 aliphatic heterocycles. The molecule has 3 rings (SSSR count). The summed E-state index contributed by atoms with van der Waals surface area (Å²) in [6.45, 7) is 1.60. The second-order valence-electron chi connectivity index (χ2n) is 5.02. The van der Waals surface area contributed by atoms with Crippen LogP contribution in [0, 0.1) is 16.6 Å². The van der Waals surface area contributed by atoms with Gasteiger partial charge in [-0.1, -0.05) is 0 Å². The van der Waals surface area contributed by atoms with E-state index >= 15 is 0 Å². The van der Waals surface area contributed by atoms with E-state index in [1.165, 1.54) is 12.1 Å². The van der Waals surface area contributed by atoms with Crippen molar-refractivity contribution >= 4 is 29.2 Å². The van der Waals surface area contributed by atoms with E-state index in [1.807, 2.05) is 0 Å². The van der Waals surface area contributed by atoms with E-state index in [9.17, 15) is 23.7 Å². The molecule has 0 bridgehead atoms. The molecule has 9 nitrogen and oxygen atoms in total. The Bertz CT molecular complexity index is 763. The number of hydrogen-bond acceptors (Lipinski definition) is 7. The summed E-state index contributed by atoms with van der Waals surface area (Å²) >= 11 is 0. The van der Waals surface area contributed by atoms with Crippen molar-refractivity contribution in [1.82, 2.24) is 5.12 Å². The Balaban J connectivity index is 2.00. The fourth-order valence-electron chi connectivity index (χ4n) is 2.68. The molecule has 0 N–H and O–H groups in total. The van der Waals surface area contributed by atoms with Gasteiger partial charge in [0.2, 0.25) is 5.91 Å². The van der Waals surface area contributed by atoms with Crippen LogP contribution in [-0.4, -0.2) is 41.3 Å². The first-order chi connectivity index (χ1) is 11.5. The van der Waals surface area contributed by atoms with Gasteiger partial charge in [-0.3, -0.25) is 9.59 Å². The Kier molecular flexibility index (Phi) is 3.80. The van der Waals surface area contributed by atoms with E-state index in [-0.39, 0.29) is 18.0 Å². The maximum Gasteiger partial charge on any atom is 0.355 e. The third-order valence-electron chi connectivity index (χ3n) is 3.68. The molecule has 2 heterocycles. The second kappa shape index (κ2) is 5.80. The van der Waals surface area contributed by atoms with Gasteiger partial charge in [0, 0.05) is 0 Å². The molecule has 2 atom stereocenters. The number of carbonyl (C=O) groups excluding carboxylic acids is 3. The van der Waals surface area contributed by atoms with Crippen molar-refractivity contribution in [2.45, 2.75) is 13.0 Å². The topological polar surface area (TPSA) is 109 Å². The third-order valence-corrected chi connectivity index (χ3v) is 3.68. The fourth-order valence-corrected chi connectivity index (χ4v) is 2.68. The predicted molar refractivity (Wildman–Crippen MR) is 77.9 cm³/mol. The number of benzene rings is 1. The largest absolute Gasteiger partial charge is 0.461 e. The van der Waals surface area contributed by atoms with Gasteiger partial charge in [0.05, 0.1) is 17.6 Å². The van der Waals surface area contributed by atoms with E-state index < -0.39 is 35.6 Å². The monoisotopic (exact) mass is 334 g/mol. The van der Waals surface area contributed by atoms with Gasteiger partial charge in [-0.2, -0.15) is 0 Å². The highest BCUT2D eigenvalue weighted by molar-refractivity contribution is 6.46. The summed E-state index contributed by atoms with van der Waals surface area (Å²) in [6.07, 6.45) is 0. The van der Waals surface area contributed by atoms with Crippen molar-refractivity contribution in [3.05, 3.63) is 35.0 Å². The number of fused-ring (bicyclic) bond motifs is 1. The zero-order valence-corrected chi connectivity index (χ0v) is 12.4. The number of amides is 2. The number of imide groups is 1. The lowest BCUT2D eigenvalue weighted by atomic mass is 9.98. The Morgan fingerprint density at radius 1 is 1.29 bits per heavy atom. The number of rotatable bonds is 4. The minimum Gasteiger partial charge on any atom is -0.461 e. The lowest BCUT2D eigenvalue weighted by Gasteiger charge is -2.16. The average molecular weight is 334 g/mol. The lowest BCUT2D eigenvalue weighted by molar-refractivity contribution is -0.136. The van der Waals surface area contributed by atoms with Crippen LogP contribution >= 0.6 is 0 Å². The number of hydrogen-bond donors (Lipinski definition) is 0. The van der Waals surface area contributed by atoms with Crippen molar-refractivity contribution in [3.8, 4) is 0 Å². The fraction of sp³-hybridized carbons (Fsp3) is 0.286. The van der Waals surface area contributed by atoms with Crippen LogP contribution in [0.3, 0.4) is 0 Å². The molecule has 0 saturated carbocycles. The summed E-state index contributed by atoms with van der Waals surface area (Å²) in [5, 5.41) is 6.69. The molecular weight excluding hydrogens is 323 g/mol. The lowest BCUT2D eigenvalue weighted by Crippen LogP contribution is -2.36. The average Bonchev–Trinajstić information content (AvgIpc) is 3.07. The quantitative estimate of drug-likeness (QED) is 0.453. The highest BCUT2D eigenvalue weighted by atomic mass is 19.1. The SMILES string of the molecule is CCOC(=O)C1=NN(N=O)[C@@H]2C(=O)N(c3ccc(F)cc3)C(=O)[C@@H]12. The normalized spacial score (nSPS) is 22.5. The maximum absolute atomic E-state index is 13.0. The number of esters is 1. The number of carbonyl (C=O) groups is 3. The Labute approximate surface area is 134 Å². The molecule has 124 valence electrons. The zero-order valence-electron chi connectivity index (χ0n) is 12.4. The first-order valence-corrected chi connectivity index (χ1v) is 7.01. The van der Waals surface area contributed by atoms with Gasteiger partial charge in [-0.15, -0.1) is 15.1 Å². The number of nitrogens with zero attached hydrogens (tertiary/aromatic N) is 4. The van der Waals surface area contributed by atoms with Crippen molar-refractivity contribution < 1.29 is 23.5 Å². The molecule has 10 heteroatoms. The summed E-state index contributed by atoms with van der Waals surface area (Å²) < 4.78 is 17.8. The number of halogens is 1. The number of ether oxygens (including phenoxy) is 1. The van der Waals surface area contributed by atoms with E-state index in [1.54, 1.807) is 6.92 Å². The van der Waals surface area contributed by atoms with Gasteiger partial charge < -0.3 is 4.74 Å². The molecule has 1 saturated heterocycles. The number of hydrazone groups is 1. The van der Waals surface area contributed by atoms with E-state index in [4.69, 9.17) is 4.74 Å². The molecule has 24 heavy (non-hydrogen) atoms. The minimum atomic E-state index is -1.35. The van der Waals surface area contributed by atoms with Crippen molar-refractivity contribution in [3.63, 3.8) is 0 Å². The van der Waals surface area contributed by atoms with Crippen molar-refractivity contribution in [2.75, 3.05) is 11.5 Å². The molecule has 0 radical (unpaired) electrons. The number of nitroso groups, excluding NO2 is 1. The zero-order chi connectivity index (χ0) is 17.4. The van der Waals surface area contributed by atoms with Gasteiger partial charge >= 0.3 is 5.97 Å². The first kappa shape index (κ1) is 15.7. The van der Waals surface area contributed by atoms with Crippen molar-refractivity contribution in [1.29, 1.82) is 0 Å². The van der Waals surface area contributed by atoms with Crippen LogP contribution in [0.4, 0.5) is 10.1 Å². The van der Waals surface area contributed by atoms with Crippen LogP contribution in [0.15, 0.2) is 34.7 Å². The Hall–Kier alpha value is -3.17. The predicted octanol–water partition coefficient (Wildman–Crippen LogP) is 0.600. The molecule has 1 aromatic rings. The molecule has 1 fully saturated rings. The second-order valence-corrected chi connectivity index (χ2v) is 5.02. The van der Waals surface area contributed by atoms with Crippen LogP contribution in [-0.2, 0) is 19.1 Å². The number of anilines is 1. The van der Waals surface area contributed by atoms with Gasteiger partial charge in [-0.05, 0) is 31.2 Å². The molecule has 2 aliphatic rings.